The lowest BCUT2D eigenvalue weighted by atomic mass is 10.0. The van der Waals surface area contributed by atoms with Crippen molar-refractivity contribution >= 4 is 23.2 Å². The van der Waals surface area contributed by atoms with E-state index in [1.54, 1.807) is 0 Å². The minimum absolute atomic E-state index is 0.0661. The highest BCUT2D eigenvalue weighted by atomic mass is 16.2. The van der Waals surface area contributed by atoms with Crippen LogP contribution in [0.2, 0.25) is 0 Å². The number of rotatable bonds is 4. The summed E-state index contributed by atoms with van der Waals surface area (Å²) in [6.45, 7) is 5.43. The number of para-hydroxylation sites is 2. The molecule has 4 heteroatoms. The first-order valence-electron chi connectivity index (χ1n) is 9.94. The number of nitrogens with zero attached hydrogens (tertiary/aromatic N) is 2. The fourth-order valence-electron chi connectivity index (χ4n) is 4.44. The second-order valence-electron chi connectivity index (χ2n) is 7.41. The van der Waals surface area contributed by atoms with Gasteiger partial charge in [0.1, 0.15) is 0 Å². The van der Waals surface area contributed by atoms with Gasteiger partial charge in [0.2, 0.25) is 11.8 Å². The molecular formula is C23H26N2O2. The van der Waals surface area contributed by atoms with E-state index in [4.69, 9.17) is 0 Å². The van der Waals surface area contributed by atoms with Crippen LogP contribution in [0.1, 0.15) is 37.0 Å². The maximum absolute atomic E-state index is 13.2. The Morgan fingerprint density at radius 1 is 1.04 bits per heavy atom. The monoisotopic (exact) mass is 362 g/mol. The molecule has 0 aliphatic carbocycles. The average molecular weight is 362 g/mol. The van der Waals surface area contributed by atoms with Gasteiger partial charge < -0.3 is 9.80 Å². The predicted molar refractivity (Wildman–Crippen MR) is 108 cm³/mol. The number of aryl methyl sites for hydroxylation is 2. The molecule has 1 atom stereocenters. The summed E-state index contributed by atoms with van der Waals surface area (Å²) in [6.07, 6.45) is 2.96. The Morgan fingerprint density at radius 3 is 2.44 bits per heavy atom. The lowest BCUT2D eigenvalue weighted by molar-refractivity contribution is -0.124. The van der Waals surface area contributed by atoms with Crippen LogP contribution in [0.15, 0.2) is 42.5 Å². The number of carbonyl (C=O) groups excluding carboxylic acids is 2. The van der Waals surface area contributed by atoms with E-state index in [0.29, 0.717) is 19.5 Å². The molecule has 2 aromatic rings. The van der Waals surface area contributed by atoms with Gasteiger partial charge in [-0.25, -0.2) is 0 Å². The quantitative estimate of drug-likeness (QED) is 0.831. The van der Waals surface area contributed by atoms with E-state index in [2.05, 4.69) is 38.1 Å². The maximum Gasteiger partial charge on any atom is 0.232 e. The highest BCUT2D eigenvalue weighted by Gasteiger charge is 2.39. The molecule has 4 rings (SSSR count). The fraction of sp³-hybridized carbons (Fsp3) is 0.391. The summed E-state index contributed by atoms with van der Waals surface area (Å²) in [5.41, 5.74) is 5.63. The molecule has 2 aliphatic rings. The van der Waals surface area contributed by atoms with Gasteiger partial charge in [-0.3, -0.25) is 9.59 Å². The Morgan fingerprint density at radius 2 is 1.74 bits per heavy atom. The molecule has 2 amide bonds. The molecule has 1 saturated heterocycles. The molecule has 0 N–H and O–H groups in total. The van der Waals surface area contributed by atoms with E-state index in [1.807, 2.05) is 28.0 Å². The maximum atomic E-state index is 13.2. The van der Waals surface area contributed by atoms with Crippen LogP contribution in [0.3, 0.4) is 0 Å². The Kier molecular flexibility index (Phi) is 4.73. The van der Waals surface area contributed by atoms with E-state index in [0.717, 1.165) is 30.6 Å². The third-order valence-corrected chi connectivity index (χ3v) is 5.86. The summed E-state index contributed by atoms with van der Waals surface area (Å²) in [6, 6.07) is 14.3. The van der Waals surface area contributed by atoms with Crippen molar-refractivity contribution in [3.8, 4) is 0 Å². The minimum Gasteiger partial charge on any atom is -0.312 e. The van der Waals surface area contributed by atoms with Gasteiger partial charge in [0.05, 0.1) is 5.92 Å². The van der Waals surface area contributed by atoms with Crippen LogP contribution in [0.25, 0.3) is 0 Å². The molecule has 27 heavy (non-hydrogen) atoms. The molecule has 0 aromatic heterocycles. The van der Waals surface area contributed by atoms with Crippen molar-refractivity contribution < 1.29 is 9.59 Å². The number of carbonyl (C=O) groups is 2. The van der Waals surface area contributed by atoms with Crippen molar-refractivity contribution in [1.29, 1.82) is 0 Å². The molecule has 1 unspecified atom stereocenters. The standard InChI is InChI=1S/C23H26N2O2/c1-3-16-9-7-10-17(4-2)22(16)25-15-19(14-21(25)26)23(27)24-13-12-18-8-5-6-11-20(18)24/h5-11,19H,3-4,12-15H2,1-2H3. The summed E-state index contributed by atoms with van der Waals surface area (Å²) >= 11 is 0. The van der Waals surface area contributed by atoms with E-state index in [1.165, 1.54) is 16.7 Å². The highest BCUT2D eigenvalue weighted by Crippen LogP contribution is 2.35. The number of hydrogen-bond donors (Lipinski definition) is 0. The molecule has 2 aromatic carbocycles. The number of hydrogen-bond acceptors (Lipinski definition) is 2. The van der Waals surface area contributed by atoms with Crippen LogP contribution in [-0.4, -0.2) is 24.9 Å². The SMILES string of the molecule is CCc1cccc(CC)c1N1CC(C(=O)N2CCc3ccccc32)CC1=O. The van der Waals surface area contributed by atoms with Crippen LogP contribution in [-0.2, 0) is 28.9 Å². The molecule has 4 nitrogen and oxygen atoms in total. The molecule has 0 spiro atoms. The molecule has 0 saturated carbocycles. The molecule has 140 valence electrons. The van der Waals surface area contributed by atoms with Crippen molar-refractivity contribution in [3.05, 3.63) is 59.2 Å². The third kappa shape index (κ3) is 3.03. The smallest absolute Gasteiger partial charge is 0.232 e. The molecule has 1 fully saturated rings. The van der Waals surface area contributed by atoms with Crippen LogP contribution >= 0.6 is 0 Å². The van der Waals surface area contributed by atoms with E-state index in [9.17, 15) is 9.59 Å². The van der Waals surface area contributed by atoms with Crippen molar-refractivity contribution in [1.82, 2.24) is 0 Å². The average Bonchev–Trinajstić information content (AvgIpc) is 3.30. The predicted octanol–water partition coefficient (Wildman–Crippen LogP) is 3.75. The molecule has 0 bridgehead atoms. The largest absolute Gasteiger partial charge is 0.312 e. The molecular weight excluding hydrogens is 336 g/mol. The van der Waals surface area contributed by atoms with E-state index in [-0.39, 0.29) is 17.7 Å². The third-order valence-electron chi connectivity index (χ3n) is 5.86. The van der Waals surface area contributed by atoms with E-state index >= 15 is 0 Å². The first-order chi connectivity index (χ1) is 13.1. The first kappa shape index (κ1) is 17.8. The molecule has 2 aliphatic heterocycles. The Balaban J connectivity index is 1.60. The van der Waals surface area contributed by atoms with Gasteiger partial charge in [0, 0.05) is 30.9 Å². The van der Waals surface area contributed by atoms with Gasteiger partial charge in [0.25, 0.3) is 0 Å². The number of fused-ring (bicyclic) bond motifs is 1. The van der Waals surface area contributed by atoms with Gasteiger partial charge >= 0.3 is 0 Å². The summed E-state index contributed by atoms with van der Waals surface area (Å²) < 4.78 is 0. The Labute approximate surface area is 160 Å². The fourth-order valence-corrected chi connectivity index (χ4v) is 4.44. The van der Waals surface area contributed by atoms with Crippen molar-refractivity contribution in [2.75, 3.05) is 22.9 Å². The lowest BCUT2D eigenvalue weighted by Gasteiger charge is -2.24. The highest BCUT2D eigenvalue weighted by molar-refractivity contribution is 6.05. The lowest BCUT2D eigenvalue weighted by Crippen LogP contribution is -2.36. The van der Waals surface area contributed by atoms with Crippen molar-refractivity contribution in [2.45, 2.75) is 39.5 Å². The zero-order valence-corrected chi connectivity index (χ0v) is 16.1. The molecule has 2 heterocycles. The second-order valence-corrected chi connectivity index (χ2v) is 7.41. The number of anilines is 2. The van der Waals surface area contributed by atoms with Gasteiger partial charge in [-0.05, 0) is 42.0 Å². The van der Waals surface area contributed by atoms with Crippen LogP contribution in [0, 0.1) is 5.92 Å². The van der Waals surface area contributed by atoms with Gasteiger partial charge in [-0.2, -0.15) is 0 Å². The molecule has 0 radical (unpaired) electrons. The first-order valence-corrected chi connectivity index (χ1v) is 9.94. The van der Waals surface area contributed by atoms with Crippen molar-refractivity contribution in [2.24, 2.45) is 5.92 Å². The zero-order chi connectivity index (χ0) is 19.0. The minimum atomic E-state index is -0.265. The summed E-state index contributed by atoms with van der Waals surface area (Å²) in [5, 5.41) is 0. The number of benzene rings is 2. The summed E-state index contributed by atoms with van der Waals surface area (Å²) in [4.78, 5) is 29.8. The Bertz CT molecular complexity index is 867. The van der Waals surface area contributed by atoms with Gasteiger partial charge in [-0.1, -0.05) is 50.2 Å². The van der Waals surface area contributed by atoms with Crippen LogP contribution in [0.5, 0.6) is 0 Å². The topological polar surface area (TPSA) is 40.6 Å². The van der Waals surface area contributed by atoms with Crippen molar-refractivity contribution in [3.63, 3.8) is 0 Å². The van der Waals surface area contributed by atoms with Crippen LogP contribution < -0.4 is 9.80 Å². The van der Waals surface area contributed by atoms with Crippen LogP contribution in [0.4, 0.5) is 11.4 Å². The normalized spacial score (nSPS) is 18.9. The van der Waals surface area contributed by atoms with E-state index < -0.39 is 0 Å². The summed E-state index contributed by atoms with van der Waals surface area (Å²) in [5.74, 6) is -0.113. The van der Waals surface area contributed by atoms with Gasteiger partial charge in [0.15, 0.2) is 0 Å². The zero-order valence-electron chi connectivity index (χ0n) is 16.1. The summed E-state index contributed by atoms with van der Waals surface area (Å²) in [7, 11) is 0. The van der Waals surface area contributed by atoms with Gasteiger partial charge in [-0.15, -0.1) is 0 Å². The number of amides is 2. The second kappa shape index (κ2) is 7.18. The Hall–Kier alpha value is -2.62.